The first kappa shape index (κ1) is 18.1. The minimum Gasteiger partial charge on any atom is -0.479 e. The van der Waals surface area contributed by atoms with Gasteiger partial charge in [0.25, 0.3) is 0 Å². The summed E-state index contributed by atoms with van der Waals surface area (Å²) in [5.41, 5.74) is 0.297. The molecule has 1 aliphatic heterocycles. The second-order valence-corrected chi connectivity index (χ2v) is 5.23. The Balaban J connectivity index is 1.84. The Labute approximate surface area is 135 Å². The minimum atomic E-state index is -4.79. The molecular weight excluding hydrogens is 331 g/mol. The predicted molar refractivity (Wildman–Crippen MR) is 75.4 cm³/mol. The molecule has 9 heteroatoms. The van der Waals surface area contributed by atoms with Crippen molar-refractivity contribution < 1.29 is 37.3 Å². The van der Waals surface area contributed by atoms with Gasteiger partial charge in [-0.15, -0.1) is 13.2 Å². The molecule has 132 valence electrons. The molecule has 0 bridgehead atoms. The Bertz CT molecular complexity index is 605. The lowest BCUT2D eigenvalue weighted by Gasteiger charge is -2.14. The fourth-order valence-corrected chi connectivity index (χ4v) is 2.38. The van der Waals surface area contributed by atoms with Crippen LogP contribution in [0.1, 0.15) is 18.4 Å². The fourth-order valence-electron chi connectivity index (χ4n) is 2.38. The molecule has 2 atom stereocenters. The van der Waals surface area contributed by atoms with Gasteiger partial charge in [-0.2, -0.15) is 0 Å². The molecule has 6 nitrogen and oxygen atoms in total. The van der Waals surface area contributed by atoms with E-state index in [0.29, 0.717) is 5.56 Å². The van der Waals surface area contributed by atoms with Crippen LogP contribution in [0.3, 0.4) is 0 Å². The normalized spacial score (nSPS) is 20.6. The van der Waals surface area contributed by atoms with Crippen molar-refractivity contribution in [2.75, 3.05) is 6.54 Å². The van der Waals surface area contributed by atoms with E-state index in [1.54, 1.807) is 6.07 Å². The van der Waals surface area contributed by atoms with Crippen molar-refractivity contribution in [2.24, 2.45) is 0 Å². The maximum Gasteiger partial charge on any atom is 0.573 e. The number of halogens is 3. The molecule has 1 aliphatic rings. The van der Waals surface area contributed by atoms with E-state index in [4.69, 9.17) is 9.84 Å². The number of carbonyl (C=O) groups excluding carboxylic acids is 1. The first-order chi connectivity index (χ1) is 11.3. The molecule has 1 aromatic carbocycles. The summed E-state index contributed by atoms with van der Waals surface area (Å²) < 4.78 is 46.0. The number of para-hydroxylation sites is 1. The van der Waals surface area contributed by atoms with Crippen molar-refractivity contribution in [2.45, 2.75) is 37.8 Å². The van der Waals surface area contributed by atoms with Gasteiger partial charge in [0, 0.05) is 6.54 Å². The van der Waals surface area contributed by atoms with Crippen LogP contribution in [0.5, 0.6) is 5.75 Å². The highest BCUT2D eigenvalue weighted by atomic mass is 19.4. The number of carboxylic acid groups (broad SMARTS) is 1. The number of amides is 1. The van der Waals surface area contributed by atoms with Crippen LogP contribution < -0.4 is 10.1 Å². The molecule has 0 unspecified atom stereocenters. The highest BCUT2D eigenvalue weighted by Crippen LogP contribution is 2.26. The minimum absolute atomic E-state index is 0.0780. The Hall–Kier alpha value is -2.29. The number of aliphatic carboxylic acids is 1. The molecule has 2 N–H and O–H groups in total. The predicted octanol–water partition coefficient (Wildman–Crippen LogP) is 1.88. The third kappa shape index (κ3) is 5.12. The van der Waals surface area contributed by atoms with Gasteiger partial charge < -0.3 is 19.9 Å². The standard InChI is InChI=1S/C15H16F3NO5/c16-15(17,18)24-10-4-2-1-3-9(10)7-8-19-13(20)11-5-6-12(23-11)14(21)22/h1-4,11-12H,5-8H2,(H,19,20)(H,21,22)/t11-,12+/m0/s1. The molecule has 0 aliphatic carbocycles. The van der Waals surface area contributed by atoms with Gasteiger partial charge in [-0.25, -0.2) is 4.79 Å². The van der Waals surface area contributed by atoms with Gasteiger partial charge in [0.05, 0.1) is 0 Å². The largest absolute Gasteiger partial charge is 0.573 e. The topological polar surface area (TPSA) is 84.9 Å². The zero-order valence-corrected chi connectivity index (χ0v) is 12.5. The number of carboxylic acids is 1. The van der Waals surface area contributed by atoms with Crippen LogP contribution in [0.4, 0.5) is 13.2 Å². The van der Waals surface area contributed by atoms with E-state index in [9.17, 15) is 22.8 Å². The molecule has 0 spiro atoms. The fraction of sp³-hybridized carbons (Fsp3) is 0.467. The van der Waals surface area contributed by atoms with Gasteiger partial charge in [0.2, 0.25) is 5.91 Å². The number of rotatable bonds is 6. The van der Waals surface area contributed by atoms with Crippen molar-refractivity contribution in [3.05, 3.63) is 29.8 Å². The monoisotopic (exact) mass is 347 g/mol. The second kappa shape index (κ2) is 7.52. The van der Waals surface area contributed by atoms with Crippen molar-refractivity contribution in [1.82, 2.24) is 5.32 Å². The van der Waals surface area contributed by atoms with E-state index in [1.807, 2.05) is 0 Å². The van der Waals surface area contributed by atoms with E-state index in [2.05, 4.69) is 10.1 Å². The molecule has 0 radical (unpaired) electrons. The Morgan fingerprint density at radius 3 is 2.54 bits per heavy atom. The lowest BCUT2D eigenvalue weighted by molar-refractivity contribution is -0.274. The number of hydrogen-bond donors (Lipinski definition) is 2. The van der Waals surface area contributed by atoms with E-state index in [0.717, 1.165) is 0 Å². The van der Waals surface area contributed by atoms with Crippen molar-refractivity contribution in [3.63, 3.8) is 0 Å². The van der Waals surface area contributed by atoms with E-state index in [-0.39, 0.29) is 31.6 Å². The number of benzene rings is 1. The summed E-state index contributed by atoms with van der Waals surface area (Å²) in [5.74, 6) is -1.92. The van der Waals surface area contributed by atoms with Crippen LogP contribution >= 0.6 is 0 Å². The van der Waals surface area contributed by atoms with Crippen molar-refractivity contribution in [1.29, 1.82) is 0 Å². The summed E-state index contributed by atoms with van der Waals surface area (Å²) in [6, 6.07) is 5.65. The molecule has 1 saturated heterocycles. The van der Waals surface area contributed by atoms with Crippen LogP contribution in [0.25, 0.3) is 0 Å². The smallest absolute Gasteiger partial charge is 0.479 e. The lowest BCUT2D eigenvalue weighted by atomic mass is 10.1. The second-order valence-electron chi connectivity index (χ2n) is 5.23. The molecule has 1 heterocycles. The van der Waals surface area contributed by atoms with E-state index >= 15 is 0 Å². The molecule has 2 rings (SSSR count). The summed E-state index contributed by atoms with van der Waals surface area (Å²) in [4.78, 5) is 22.6. The number of carbonyl (C=O) groups is 2. The van der Waals surface area contributed by atoms with Crippen molar-refractivity contribution in [3.8, 4) is 5.75 Å². The first-order valence-corrected chi connectivity index (χ1v) is 7.26. The maximum absolute atomic E-state index is 12.3. The van der Waals surface area contributed by atoms with E-state index < -0.39 is 30.4 Å². The SMILES string of the molecule is O=C(NCCc1ccccc1OC(F)(F)F)[C@@H]1CC[C@H](C(=O)O)O1. The van der Waals surface area contributed by atoms with Gasteiger partial charge >= 0.3 is 12.3 Å². The molecule has 1 fully saturated rings. The summed E-state index contributed by atoms with van der Waals surface area (Å²) >= 11 is 0. The number of nitrogens with one attached hydrogen (secondary N) is 1. The number of ether oxygens (including phenoxy) is 2. The Morgan fingerprint density at radius 2 is 1.92 bits per heavy atom. The molecule has 24 heavy (non-hydrogen) atoms. The summed E-state index contributed by atoms with van der Waals surface area (Å²) in [6.45, 7) is 0.0780. The zero-order valence-electron chi connectivity index (χ0n) is 12.5. The first-order valence-electron chi connectivity index (χ1n) is 7.26. The summed E-state index contributed by atoms with van der Waals surface area (Å²) in [6.07, 6.45) is -5.98. The van der Waals surface area contributed by atoms with Gasteiger partial charge in [0.15, 0.2) is 6.10 Å². The van der Waals surface area contributed by atoms with Crippen LogP contribution in [0, 0.1) is 0 Å². The number of alkyl halides is 3. The molecule has 1 aromatic rings. The van der Waals surface area contributed by atoms with Gasteiger partial charge in [0.1, 0.15) is 11.9 Å². The third-order valence-corrected chi connectivity index (χ3v) is 3.48. The van der Waals surface area contributed by atoms with Gasteiger partial charge in [-0.05, 0) is 30.9 Å². The van der Waals surface area contributed by atoms with Gasteiger partial charge in [-0.3, -0.25) is 4.79 Å². The van der Waals surface area contributed by atoms with Crippen LogP contribution in [-0.4, -0.2) is 42.1 Å². The molecule has 0 aromatic heterocycles. The number of hydrogen-bond acceptors (Lipinski definition) is 4. The lowest BCUT2D eigenvalue weighted by Crippen LogP contribution is -2.36. The highest BCUT2D eigenvalue weighted by Gasteiger charge is 2.34. The Morgan fingerprint density at radius 1 is 1.25 bits per heavy atom. The summed E-state index contributed by atoms with van der Waals surface area (Å²) in [5, 5.41) is 11.3. The van der Waals surface area contributed by atoms with Crippen LogP contribution in [0.2, 0.25) is 0 Å². The van der Waals surface area contributed by atoms with Crippen molar-refractivity contribution >= 4 is 11.9 Å². The Kier molecular flexibility index (Phi) is 5.66. The molecule has 1 amide bonds. The average Bonchev–Trinajstić information content (AvgIpc) is 2.97. The van der Waals surface area contributed by atoms with Crippen LogP contribution in [-0.2, 0) is 20.7 Å². The molecule has 0 saturated carbocycles. The highest BCUT2D eigenvalue weighted by molar-refractivity contribution is 5.82. The quantitative estimate of drug-likeness (QED) is 0.821. The molecular formula is C15H16F3NO5. The zero-order chi connectivity index (χ0) is 17.7. The average molecular weight is 347 g/mol. The third-order valence-electron chi connectivity index (χ3n) is 3.48. The maximum atomic E-state index is 12.3. The van der Waals surface area contributed by atoms with Gasteiger partial charge in [-0.1, -0.05) is 18.2 Å². The van der Waals surface area contributed by atoms with Crippen LogP contribution in [0.15, 0.2) is 24.3 Å². The summed E-state index contributed by atoms with van der Waals surface area (Å²) in [7, 11) is 0. The van der Waals surface area contributed by atoms with E-state index in [1.165, 1.54) is 18.2 Å².